The third-order valence-electron chi connectivity index (χ3n) is 15.4. The molecule has 11 aromatic rings. The van der Waals surface area contributed by atoms with Crippen LogP contribution in [0.4, 0.5) is 0 Å². The van der Waals surface area contributed by atoms with Gasteiger partial charge in [0.25, 0.3) is 0 Å². The number of aromatic nitrogens is 4. The molecule has 0 atom stereocenters. The average molecular weight is 1190 g/mol. The van der Waals surface area contributed by atoms with Crippen LogP contribution in [-0.4, -0.2) is 24.2 Å². The first kappa shape index (κ1) is 53.1. The number of phenolic OH excluding ortho intramolecular Hbond substituents is 1. The fraction of sp³-hybridized carbons (Fsp3) is 0.239. The Balaban J connectivity index is 0.00000672. The first-order valence-electron chi connectivity index (χ1n) is 26.8. The molecule has 390 valence electrons. The van der Waals surface area contributed by atoms with Crippen LogP contribution in [0.2, 0.25) is 0 Å². The van der Waals surface area contributed by atoms with Gasteiger partial charge in [0.2, 0.25) is 0 Å². The van der Waals surface area contributed by atoms with Crippen molar-refractivity contribution in [3.05, 3.63) is 204 Å². The van der Waals surface area contributed by atoms with E-state index >= 15 is 0 Å². The van der Waals surface area contributed by atoms with Gasteiger partial charge in [0.05, 0.1) is 27.6 Å². The van der Waals surface area contributed by atoms with Crippen LogP contribution in [-0.2, 0) is 49.8 Å². The van der Waals surface area contributed by atoms with Crippen LogP contribution in [0.1, 0.15) is 105 Å². The van der Waals surface area contributed by atoms with Crippen molar-refractivity contribution >= 4 is 32.8 Å². The molecule has 0 saturated heterocycles. The molecule has 11 rings (SSSR count). The maximum absolute atomic E-state index is 12.4. The van der Waals surface area contributed by atoms with Crippen LogP contribution in [0.25, 0.3) is 106 Å². The Morgan fingerprint density at radius 2 is 1.08 bits per heavy atom. The number of phenols is 1. The molecule has 1 N–H and O–H groups in total. The number of aromatic hydroxyl groups is 1. The number of nitrogens with zero attached hydrogens (tertiary/aromatic N) is 4. The Hall–Kier alpha value is -7.33. The largest absolute Gasteiger partial charge is 0.507 e. The van der Waals surface area contributed by atoms with Gasteiger partial charge in [0.1, 0.15) is 11.6 Å². The van der Waals surface area contributed by atoms with Crippen LogP contribution in [0.5, 0.6) is 5.75 Å². The third kappa shape index (κ3) is 9.78. The van der Waals surface area contributed by atoms with Gasteiger partial charge in [-0.1, -0.05) is 216 Å². The zero-order valence-electron chi connectivity index (χ0n) is 46.8. The minimum absolute atomic E-state index is 0. The molecular formula is C71H69N4OPt-. The Labute approximate surface area is 470 Å². The van der Waals surface area contributed by atoms with Gasteiger partial charge in [-0.2, -0.15) is 0 Å². The first-order valence-corrected chi connectivity index (χ1v) is 26.8. The van der Waals surface area contributed by atoms with Gasteiger partial charge >= 0.3 is 0 Å². The van der Waals surface area contributed by atoms with E-state index in [-0.39, 0.29) is 48.5 Å². The molecule has 0 radical (unpaired) electrons. The second-order valence-corrected chi connectivity index (χ2v) is 24.9. The zero-order valence-corrected chi connectivity index (χ0v) is 49.1. The fourth-order valence-corrected chi connectivity index (χ4v) is 10.9. The number of para-hydroxylation sites is 3. The molecule has 0 aliphatic heterocycles. The minimum atomic E-state index is -0.314. The number of pyridine rings is 1. The van der Waals surface area contributed by atoms with E-state index in [2.05, 4.69) is 275 Å². The van der Waals surface area contributed by atoms with E-state index in [0.717, 1.165) is 100 Å². The molecule has 0 aliphatic rings. The molecule has 3 heterocycles. The van der Waals surface area contributed by atoms with Crippen LogP contribution >= 0.6 is 0 Å². The van der Waals surface area contributed by atoms with Crippen molar-refractivity contribution < 1.29 is 26.2 Å². The molecule has 3 aromatic heterocycles. The van der Waals surface area contributed by atoms with Gasteiger partial charge in [0, 0.05) is 67.6 Å². The van der Waals surface area contributed by atoms with E-state index in [0.29, 0.717) is 5.82 Å². The summed E-state index contributed by atoms with van der Waals surface area (Å²) in [4.78, 5) is 10.8. The van der Waals surface area contributed by atoms with Crippen molar-refractivity contribution in [3.8, 4) is 78.6 Å². The molecule has 0 bridgehead atoms. The van der Waals surface area contributed by atoms with E-state index in [1.54, 1.807) is 0 Å². The van der Waals surface area contributed by atoms with E-state index in [4.69, 9.17) is 9.97 Å². The summed E-state index contributed by atoms with van der Waals surface area (Å²) in [5, 5.41) is 14.8. The SMILES string of the molecule is Cn1c(-c2cc(C(C)(C)C)cc(C(C)(C)C)c2O)nc2c(-c3[c-]c(-c4cc(-c5cccc6c7ccccc7n(-c7ccccc7)c56)ccn4)cc(C(C)(C)C)c3)cc(-c3cc(C(C)(C)C)ccc3-c3ccccc3)cc21.[Pt]. The molecule has 0 amide bonds. The number of hydrogen-bond acceptors (Lipinski definition) is 3. The van der Waals surface area contributed by atoms with Crippen molar-refractivity contribution in [2.45, 2.75) is 105 Å². The Morgan fingerprint density at radius 3 is 1.77 bits per heavy atom. The molecule has 77 heavy (non-hydrogen) atoms. The second kappa shape index (κ2) is 19.6. The number of fused-ring (bicyclic) bond motifs is 4. The molecule has 0 fully saturated rings. The van der Waals surface area contributed by atoms with E-state index < -0.39 is 0 Å². The standard InChI is InChI=1S/C71H69N4O.Pt/c1-68(2,3)49-31-32-53(44-23-16-14-17-24-44)57(41-49)47-38-58(64-63(40-47)74(13)67(73-64)59-42-51(70(7,8)9)43-60(66(59)76)71(10,11)12)46-35-48(37-50(36-46)69(4,5)6)61-39-45(33-34-72-61)54-28-22-29-56-55-27-20-21-30-62(55)75(65(54)56)52-25-18-15-19-26-52;/h14-34,36-43,76H,1-13H3;/q-1;. The minimum Gasteiger partial charge on any atom is -0.507 e. The van der Waals surface area contributed by atoms with Gasteiger partial charge in [-0.3, -0.25) is 4.98 Å². The van der Waals surface area contributed by atoms with Crippen molar-refractivity contribution in [1.82, 2.24) is 19.1 Å². The number of hydrogen-bond donors (Lipinski definition) is 1. The van der Waals surface area contributed by atoms with E-state index in [9.17, 15) is 5.11 Å². The Bertz CT molecular complexity index is 4040. The molecule has 0 saturated carbocycles. The molecule has 0 aliphatic carbocycles. The summed E-state index contributed by atoms with van der Waals surface area (Å²) in [5.74, 6) is 0.970. The number of rotatable bonds is 7. The predicted octanol–water partition coefficient (Wildman–Crippen LogP) is 18.8. The summed E-state index contributed by atoms with van der Waals surface area (Å²) in [6, 6.07) is 65.5. The van der Waals surface area contributed by atoms with Crippen LogP contribution in [0, 0.1) is 6.07 Å². The quantitative estimate of drug-likeness (QED) is 0.162. The first-order chi connectivity index (χ1) is 36.0. The summed E-state index contributed by atoms with van der Waals surface area (Å²) >= 11 is 0. The van der Waals surface area contributed by atoms with E-state index in [1.807, 2.05) is 6.20 Å². The summed E-state index contributed by atoms with van der Waals surface area (Å²) in [6.07, 6.45) is 1.94. The molecule has 0 spiro atoms. The Kier molecular flexibility index (Phi) is 13.5. The zero-order chi connectivity index (χ0) is 53.6. The summed E-state index contributed by atoms with van der Waals surface area (Å²) in [6.45, 7) is 26.8. The molecule has 6 heteroatoms. The smallest absolute Gasteiger partial charge is 0.143 e. The molecule has 0 unspecified atom stereocenters. The van der Waals surface area contributed by atoms with Crippen molar-refractivity contribution in [1.29, 1.82) is 0 Å². The maximum Gasteiger partial charge on any atom is 0.143 e. The van der Waals surface area contributed by atoms with Gasteiger partial charge in [-0.15, -0.1) is 29.3 Å². The number of benzene rings is 8. The van der Waals surface area contributed by atoms with Gasteiger partial charge in [-0.05, 0) is 97.0 Å². The van der Waals surface area contributed by atoms with E-state index in [1.165, 1.54) is 21.9 Å². The Morgan fingerprint density at radius 1 is 0.455 bits per heavy atom. The van der Waals surface area contributed by atoms with Crippen LogP contribution in [0.15, 0.2) is 176 Å². The molecular weight excluding hydrogens is 1120 g/mol. The fourth-order valence-electron chi connectivity index (χ4n) is 10.9. The van der Waals surface area contributed by atoms with Gasteiger partial charge in [-0.25, -0.2) is 4.98 Å². The topological polar surface area (TPSA) is 55.9 Å². The van der Waals surface area contributed by atoms with Crippen molar-refractivity contribution in [3.63, 3.8) is 0 Å². The molecule has 5 nitrogen and oxygen atoms in total. The third-order valence-corrected chi connectivity index (χ3v) is 15.4. The van der Waals surface area contributed by atoms with Crippen LogP contribution < -0.4 is 0 Å². The average Bonchev–Trinajstić information content (AvgIpc) is 4.00. The maximum atomic E-state index is 12.4. The van der Waals surface area contributed by atoms with Crippen molar-refractivity contribution in [2.24, 2.45) is 7.05 Å². The van der Waals surface area contributed by atoms with Gasteiger partial charge in [0.15, 0.2) is 0 Å². The predicted molar refractivity (Wildman–Crippen MR) is 321 cm³/mol. The number of imidazole rings is 1. The molecule has 8 aromatic carbocycles. The summed E-state index contributed by atoms with van der Waals surface area (Å²) in [7, 11) is 2.09. The summed E-state index contributed by atoms with van der Waals surface area (Å²) < 4.78 is 4.58. The normalized spacial score (nSPS) is 12.4. The number of aryl methyl sites for hydroxylation is 1. The summed E-state index contributed by atoms with van der Waals surface area (Å²) in [5.41, 5.74) is 19.9. The van der Waals surface area contributed by atoms with Crippen molar-refractivity contribution in [2.75, 3.05) is 0 Å². The van der Waals surface area contributed by atoms with Gasteiger partial charge < -0.3 is 14.2 Å². The monoisotopic (exact) mass is 1190 g/mol. The van der Waals surface area contributed by atoms with Crippen LogP contribution in [0.3, 0.4) is 0 Å². The second-order valence-electron chi connectivity index (χ2n) is 24.9.